The number of nitrogens with zero attached hydrogens (tertiary/aromatic N) is 1. The zero-order chi connectivity index (χ0) is 22.8. The fraction of sp³-hybridized carbons (Fsp3) is 0.130. The molecule has 0 unspecified atom stereocenters. The molecule has 32 heavy (non-hydrogen) atoms. The molecule has 2 heterocycles. The zero-order valence-electron chi connectivity index (χ0n) is 16.9. The predicted molar refractivity (Wildman–Crippen MR) is 125 cm³/mol. The first-order valence-corrected chi connectivity index (χ1v) is 11.0. The van der Waals surface area contributed by atoms with Crippen LogP contribution in [-0.4, -0.2) is 35.0 Å². The summed E-state index contributed by atoms with van der Waals surface area (Å²) in [7, 11) is 0. The van der Waals surface area contributed by atoms with Gasteiger partial charge >= 0.3 is 0 Å². The van der Waals surface area contributed by atoms with Crippen molar-refractivity contribution in [3.05, 3.63) is 86.1 Å². The van der Waals surface area contributed by atoms with Crippen molar-refractivity contribution in [3.63, 3.8) is 0 Å². The first-order valence-electron chi connectivity index (χ1n) is 9.80. The number of carbonyl (C=O) groups is 3. The number of anilines is 1. The number of fused-ring (bicyclic) bond motifs is 1. The topological polar surface area (TPSA) is 116 Å². The van der Waals surface area contributed by atoms with Crippen molar-refractivity contribution < 1.29 is 14.4 Å². The molecule has 0 saturated heterocycles. The summed E-state index contributed by atoms with van der Waals surface area (Å²) in [5, 5.41) is 10.1. The molecule has 4 rings (SSSR count). The van der Waals surface area contributed by atoms with Gasteiger partial charge in [-0.1, -0.05) is 41.9 Å². The molecule has 3 amide bonds. The lowest BCUT2D eigenvalue weighted by Crippen LogP contribution is -2.32. The molecular weight excluding hydrogens is 448 g/mol. The van der Waals surface area contributed by atoms with Crippen LogP contribution in [0.15, 0.2) is 54.6 Å². The van der Waals surface area contributed by atoms with E-state index >= 15 is 0 Å². The number of hydrogen-bond donors (Lipinski definition) is 3. The maximum atomic E-state index is 13.0. The van der Waals surface area contributed by atoms with Crippen molar-refractivity contribution in [2.75, 3.05) is 11.9 Å². The van der Waals surface area contributed by atoms with Crippen LogP contribution in [-0.2, 0) is 12.8 Å². The third-order valence-electron chi connectivity index (χ3n) is 5.09. The number of benzene rings is 2. The Kier molecular flexibility index (Phi) is 6.07. The molecule has 1 aliphatic rings. The van der Waals surface area contributed by atoms with E-state index in [1.165, 1.54) is 4.90 Å². The Balaban J connectivity index is 1.48. The molecule has 2 aromatic carbocycles. The molecule has 7 nitrogen and oxygen atoms in total. The number of imide groups is 1. The average molecular weight is 467 g/mol. The van der Waals surface area contributed by atoms with Gasteiger partial charge in [-0.05, 0) is 41.8 Å². The van der Waals surface area contributed by atoms with Crippen molar-refractivity contribution in [2.45, 2.75) is 12.8 Å². The molecule has 0 spiro atoms. The van der Waals surface area contributed by atoms with Crippen molar-refractivity contribution in [3.8, 4) is 0 Å². The molecule has 162 valence electrons. The Morgan fingerprint density at radius 2 is 1.75 bits per heavy atom. The summed E-state index contributed by atoms with van der Waals surface area (Å²) in [6, 6.07) is 15.6. The van der Waals surface area contributed by atoms with Gasteiger partial charge in [0.25, 0.3) is 17.7 Å². The highest BCUT2D eigenvalue weighted by molar-refractivity contribution is 7.18. The molecule has 1 aliphatic heterocycles. The number of halogens is 1. The smallest absolute Gasteiger partial charge is 0.265 e. The van der Waals surface area contributed by atoms with Gasteiger partial charge in [-0.2, -0.15) is 0 Å². The summed E-state index contributed by atoms with van der Waals surface area (Å²) in [6.07, 6.45) is 0.867. The lowest BCUT2D eigenvalue weighted by atomic mass is 10.1. The lowest BCUT2D eigenvalue weighted by Gasteiger charge is -2.14. The second kappa shape index (κ2) is 8.94. The summed E-state index contributed by atoms with van der Waals surface area (Å²) in [4.78, 5) is 40.0. The van der Waals surface area contributed by atoms with E-state index in [1.807, 2.05) is 24.3 Å². The fourth-order valence-corrected chi connectivity index (χ4v) is 4.48. The van der Waals surface area contributed by atoms with Crippen LogP contribution in [0, 0.1) is 5.41 Å². The Bertz CT molecular complexity index is 1240. The van der Waals surface area contributed by atoms with E-state index in [2.05, 4.69) is 5.32 Å². The van der Waals surface area contributed by atoms with Crippen LogP contribution >= 0.6 is 22.9 Å². The van der Waals surface area contributed by atoms with Crippen LogP contribution in [0.3, 0.4) is 0 Å². The van der Waals surface area contributed by atoms with E-state index in [4.69, 9.17) is 22.7 Å². The Morgan fingerprint density at radius 3 is 2.41 bits per heavy atom. The maximum absolute atomic E-state index is 13.0. The zero-order valence-corrected chi connectivity index (χ0v) is 18.4. The quantitative estimate of drug-likeness (QED) is 0.277. The van der Waals surface area contributed by atoms with Crippen LogP contribution in [0.1, 0.15) is 41.5 Å². The Hall–Kier alpha value is -3.49. The number of amides is 3. The van der Waals surface area contributed by atoms with Gasteiger partial charge in [0.05, 0.1) is 31.9 Å². The van der Waals surface area contributed by atoms with Crippen LogP contribution in [0.4, 0.5) is 5.69 Å². The van der Waals surface area contributed by atoms with Crippen molar-refractivity contribution in [1.29, 1.82) is 5.41 Å². The summed E-state index contributed by atoms with van der Waals surface area (Å²) in [5.41, 5.74) is 8.07. The first-order chi connectivity index (χ1) is 15.3. The molecule has 0 fully saturated rings. The van der Waals surface area contributed by atoms with E-state index in [9.17, 15) is 14.4 Å². The first kappa shape index (κ1) is 21.7. The third kappa shape index (κ3) is 4.42. The number of amidine groups is 1. The molecular formula is C23H19ClN4O3S. The molecule has 9 heteroatoms. The monoisotopic (exact) mass is 466 g/mol. The molecule has 0 bridgehead atoms. The number of rotatable bonds is 7. The van der Waals surface area contributed by atoms with E-state index < -0.39 is 5.91 Å². The number of nitrogens with one attached hydrogen (secondary N) is 2. The van der Waals surface area contributed by atoms with Crippen molar-refractivity contribution in [1.82, 2.24) is 4.90 Å². The molecule has 4 N–H and O–H groups in total. The minimum absolute atomic E-state index is 0.0915. The summed E-state index contributed by atoms with van der Waals surface area (Å²) < 4.78 is 0.486. The largest absolute Gasteiger partial charge is 0.387 e. The second-order valence-electron chi connectivity index (χ2n) is 7.32. The molecule has 3 aromatic rings. The minimum atomic E-state index is -0.432. The van der Waals surface area contributed by atoms with E-state index in [0.717, 1.165) is 22.5 Å². The van der Waals surface area contributed by atoms with E-state index in [0.29, 0.717) is 27.7 Å². The number of hydrogen-bond acceptors (Lipinski definition) is 5. The fourth-order valence-electron chi connectivity index (χ4n) is 3.55. The van der Waals surface area contributed by atoms with E-state index in [1.54, 1.807) is 30.3 Å². The molecule has 0 saturated carbocycles. The van der Waals surface area contributed by atoms with Gasteiger partial charge in [-0.25, -0.2) is 0 Å². The summed E-state index contributed by atoms with van der Waals surface area (Å²) >= 11 is 7.03. The molecule has 0 atom stereocenters. The number of carbonyl (C=O) groups excluding carboxylic acids is 3. The molecule has 0 aliphatic carbocycles. The highest BCUT2D eigenvalue weighted by Crippen LogP contribution is 2.31. The van der Waals surface area contributed by atoms with Crippen LogP contribution < -0.4 is 11.1 Å². The van der Waals surface area contributed by atoms with Crippen molar-refractivity contribution in [2.24, 2.45) is 5.73 Å². The Labute approximate surface area is 193 Å². The van der Waals surface area contributed by atoms with Crippen LogP contribution in [0.25, 0.3) is 0 Å². The predicted octanol–water partition coefficient (Wildman–Crippen LogP) is 3.97. The Morgan fingerprint density at radius 1 is 1.03 bits per heavy atom. The minimum Gasteiger partial charge on any atom is -0.387 e. The van der Waals surface area contributed by atoms with Gasteiger partial charge in [0, 0.05) is 13.0 Å². The second-order valence-corrected chi connectivity index (χ2v) is 9.03. The number of thiophene rings is 1. The van der Waals surface area contributed by atoms with E-state index in [-0.39, 0.29) is 35.3 Å². The highest BCUT2D eigenvalue weighted by atomic mass is 35.5. The van der Waals surface area contributed by atoms with Gasteiger partial charge in [0.1, 0.15) is 0 Å². The standard InChI is InChI=1S/C23H19ClN4O3S/c24-18-9-8-17(32-18)21(29)27-16-3-1-2-15-20(16)23(31)28(22(15)30)11-10-13-4-6-14(7-5-13)12-19(25)26/h1-9H,10-12H2,(H3,25,26)(H,27,29). The normalized spacial score (nSPS) is 12.7. The van der Waals surface area contributed by atoms with Crippen LogP contribution in [0.5, 0.6) is 0 Å². The SMILES string of the molecule is N=C(N)Cc1ccc(CCN2C(=O)c3cccc(NC(=O)c4ccc(Cl)s4)c3C2=O)cc1. The summed E-state index contributed by atoms with van der Waals surface area (Å²) in [6.45, 7) is 0.215. The van der Waals surface area contributed by atoms with Crippen LogP contribution in [0.2, 0.25) is 4.34 Å². The van der Waals surface area contributed by atoms with Gasteiger partial charge in [-0.15, -0.1) is 11.3 Å². The van der Waals surface area contributed by atoms with Crippen molar-refractivity contribution >= 4 is 52.2 Å². The average Bonchev–Trinajstić information content (AvgIpc) is 3.30. The van der Waals surface area contributed by atoms with Gasteiger partial charge in [0.2, 0.25) is 0 Å². The van der Waals surface area contributed by atoms with Gasteiger partial charge < -0.3 is 11.1 Å². The lowest BCUT2D eigenvalue weighted by molar-refractivity contribution is 0.0656. The highest BCUT2D eigenvalue weighted by Gasteiger charge is 2.37. The summed E-state index contributed by atoms with van der Waals surface area (Å²) in [5.74, 6) is -1.11. The third-order valence-corrected chi connectivity index (χ3v) is 6.32. The molecule has 0 radical (unpaired) electrons. The molecule has 1 aromatic heterocycles. The number of nitrogens with two attached hydrogens (primary N) is 1. The van der Waals surface area contributed by atoms with Gasteiger partial charge in [-0.3, -0.25) is 24.7 Å². The maximum Gasteiger partial charge on any atom is 0.265 e. The van der Waals surface area contributed by atoms with Gasteiger partial charge in [0.15, 0.2) is 0 Å².